The first-order valence-electron chi connectivity index (χ1n) is 33.4. The summed E-state index contributed by atoms with van der Waals surface area (Å²) >= 11 is 0. The van der Waals surface area contributed by atoms with Crippen molar-refractivity contribution < 1.29 is 76.5 Å². The molecule has 3 aliphatic rings. The molecule has 506 valence electrons. The van der Waals surface area contributed by atoms with E-state index in [4.69, 9.17) is 66.3 Å². The molecule has 0 aromatic heterocycles. The minimum atomic E-state index is -1.68. The Balaban J connectivity index is 0.950. The van der Waals surface area contributed by atoms with E-state index in [-0.39, 0.29) is 79.3 Å². The summed E-state index contributed by atoms with van der Waals surface area (Å²) in [6, 6.07) is 88.3. The topological polar surface area (TPSA) is 170 Å². The molecule has 15 atom stereocenters. The Morgan fingerprint density at radius 2 is 0.454 bits per heavy atom. The van der Waals surface area contributed by atoms with E-state index in [0.29, 0.717) is 0 Å². The van der Waals surface area contributed by atoms with Crippen molar-refractivity contribution in [1.82, 2.24) is 0 Å². The Labute approximate surface area is 568 Å². The number of benzene rings is 9. The van der Waals surface area contributed by atoms with Crippen molar-refractivity contribution in [2.75, 3.05) is 19.8 Å². The van der Waals surface area contributed by atoms with Gasteiger partial charge < -0.3 is 76.5 Å². The average molecular weight is 1320 g/mol. The second kappa shape index (κ2) is 36.8. The fourth-order valence-electron chi connectivity index (χ4n) is 12.3. The summed E-state index contributed by atoms with van der Waals surface area (Å²) in [5.74, 6) is 0. The zero-order valence-electron chi connectivity index (χ0n) is 54.2. The van der Waals surface area contributed by atoms with Crippen LogP contribution in [0.3, 0.4) is 0 Å². The van der Waals surface area contributed by atoms with Crippen molar-refractivity contribution >= 4 is 0 Å². The number of hydrogen-bond donors (Lipinski definition) is 2. The van der Waals surface area contributed by atoms with Crippen molar-refractivity contribution in [3.8, 4) is 0 Å². The lowest BCUT2D eigenvalue weighted by Gasteiger charge is -2.51. The summed E-state index contributed by atoms with van der Waals surface area (Å²) < 4.78 is 97.8. The monoisotopic (exact) mass is 1310 g/mol. The molecule has 9 aromatic carbocycles. The molecule has 0 radical (unpaired) electrons. The number of hydrogen-bond acceptors (Lipinski definition) is 16. The van der Waals surface area contributed by atoms with Gasteiger partial charge in [0.15, 0.2) is 18.9 Å². The molecule has 3 heterocycles. The van der Waals surface area contributed by atoms with E-state index in [2.05, 4.69) is 0 Å². The summed E-state index contributed by atoms with van der Waals surface area (Å²) in [5.41, 5.74) is 8.12. The van der Waals surface area contributed by atoms with Crippen LogP contribution in [0.5, 0.6) is 0 Å². The van der Waals surface area contributed by atoms with Crippen LogP contribution in [0.15, 0.2) is 273 Å². The highest BCUT2D eigenvalue weighted by Gasteiger charge is 2.57. The van der Waals surface area contributed by atoms with Gasteiger partial charge in [0.2, 0.25) is 0 Å². The van der Waals surface area contributed by atoms with Gasteiger partial charge in [-0.25, -0.2) is 0 Å². The summed E-state index contributed by atoms with van der Waals surface area (Å²) in [4.78, 5) is 0. The van der Waals surface area contributed by atoms with Crippen LogP contribution in [0, 0.1) is 0 Å². The SMILES string of the molecule is O[C@H]1[C@H](O[C@@H]2[C@@H](O[C@H]3[C@@H](OCc4ccccc4)[C@H](OCc4ccccc4)[C@@H](COCc4ccccc4)O[C@@H]3O)O[C@H](COCc3ccccc3)[C@@H](OCc3ccccc3)[C@@H]2OCc2ccccc2)O[C@H](COCc2ccccc2)[C@@H](OCc2ccccc2)[C@@H]1OCc1ccccc1. The van der Waals surface area contributed by atoms with E-state index >= 15 is 0 Å². The molecule has 3 fully saturated rings. The van der Waals surface area contributed by atoms with Crippen molar-refractivity contribution in [2.45, 2.75) is 152 Å². The first kappa shape index (κ1) is 69.2. The van der Waals surface area contributed by atoms with Crippen LogP contribution < -0.4 is 0 Å². The molecule has 0 amide bonds. The van der Waals surface area contributed by atoms with Gasteiger partial charge >= 0.3 is 0 Å². The van der Waals surface area contributed by atoms with Crippen LogP contribution in [0.1, 0.15) is 50.1 Å². The van der Waals surface area contributed by atoms with Crippen LogP contribution in [0.2, 0.25) is 0 Å². The summed E-state index contributed by atoms with van der Waals surface area (Å²) in [6.07, 6.45) is -17.8. The van der Waals surface area contributed by atoms with Crippen LogP contribution >= 0.6 is 0 Å². The second-order valence-electron chi connectivity index (χ2n) is 24.4. The molecule has 3 aliphatic heterocycles. The molecule has 0 aliphatic carbocycles. The highest BCUT2D eigenvalue weighted by Crippen LogP contribution is 2.39. The number of rotatable bonds is 34. The Morgan fingerprint density at radius 1 is 0.227 bits per heavy atom. The molecule has 97 heavy (non-hydrogen) atoms. The van der Waals surface area contributed by atoms with E-state index in [0.717, 1.165) is 50.1 Å². The van der Waals surface area contributed by atoms with Gasteiger partial charge in [0.25, 0.3) is 0 Å². The molecule has 0 bridgehead atoms. The number of aliphatic hydroxyl groups excluding tert-OH is 2. The summed E-state index contributed by atoms with van der Waals surface area (Å²) in [7, 11) is 0. The zero-order valence-corrected chi connectivity index (χ0v) is 54.2. The van der Waals surface area contributed by atoms with Gasteiger partial charge in [-0.05, 0) is 50.1 Å². The lowest BCUT2D eigenvalue weighted by Crippen LogP contribution is -2.68. The molecular formula is C81H86O16. The third-order valence-corrected chi connectivity index (χ3v) is 17.3. The van der Waals surface area contributed by atoms with Gasteiger partial charge in [0, 0.05) is 0 Å². The van der Waals surface area contributed by atoms with Crippen molar-refractivity contribution in [2.24, 2.45) is 0 Å². The third-order valence-electron chi connectivity index (χ3n) is 17.3. The Kier molecular flexibility index (Phi) is 26.3. The van der Waals surface area contributed by atoms with Crippen LogP contribution in [0.25, 0.3) is 0 Å². The minimum Gasteiger partial charge on any atom is -0.385 e. The van der Waals surface area contributed by atoms with Gasteiger partial charge in [0.1, 0.15) is 73.2 Å². The van der Waals surface area contributed by atoms with E-state index in [9.17, 15) is 10.2 Å². The maximum atomic E-state index is 13.3. The van der Waals surface area contributed by atoms with E-state index in [1.807, 2.05) is 273 Å². The largest absolute Gasteiger partial charge is 0.385 e. The van der Waals surface area contributed by atoms with Crippen LogP contribution in [-0.4, -0.2) is 122 Å². The quantitative estimate of drug-likeness (QED) is 0.0390. The van der Waals surface area contributed by atoms with E-state index in [1.54, 1.807) is 0 Å². The number of ether oxygens (including phenoxy) is 14. The lowest BCUT2D eigenvalue weighted by molar-refractivity contribution is -0.402. The van der Waals surface area contributed by atoms with Crippen LogP contribution in [0.4, 0.5) is 0 Å². The predicted molar refractivity (Wildman–Crippen MR) is 362 cm³/mol. The van der Waals surface area contributed by atoms with Gasteiger partial charge in [-0.3, -0.25) is 0 Å². The highest BCUT2D eigenvalue weighted by molar-refractivity contribution is 5.21. The second-order valence-corrected chi connectivity index (χ2v) is 24.4. The number of aliphatic hydroxyl groups is 2. The molecule has 12 rings (SSSR count). The van der Waals surface area contributed by atoms with Gasteiger partial charge in [0.05, 0.1) is 79.3 Å². The molecule has 0 spiro atoms. The molecule has 16 nitrogen and oxygen atoms in total. The predicted octanol–water partition coefficient (Wildman–Crippen LogP) is 12.4. The maximum Gasteiger partial charge on any atom is 0.187 e. The van der Waals surface area contributed by atoms with Crippen molar-refractivity contribution in [1.29, 1.82) is 0 Å². The lowest BCUT2D eigenvalue weighted by atomic mass is 9.95. The van der Waals surface area contributed by atoms with Crippen molar-refractivity contribution in [3.05, 3.63) is 323 Å². The zero-order chi connectivity index (χ0) is 66.1. The van der Waals surface area contributed by atoms with Crippen LogP contribution in [-0.2, 0) is 126 Å². The fraction of sp³-hybridized carbons (Fsp3) is 0.333. The van der Waals surface area contributed by atoms with Gasteiger partial charge in [-0.15, -0.1) is 0 Å². The molecule has 9 aromatic rings. The van der Waals surface area contributed by atoms with Crippen molar-refractivity contribution in [3.63, 3.8) is 0 Å². The molecule has 0 unspecified atom stereocenters. The van der Waals surface area contributed by atoms with Gasteiger partial charge in [-0.2, -0.15) is 0 Å². The first-order valence-corrected chi connectivity index (χ1v) is 33.4. The smallest absolute Gasteiger partial charge is 0.187 e. The third kappa shape index (κ3) is 20.2. The Bertz CT molecular complexity index is 3600. The highest BCUT2D eigenvalue weighted by atomic mass is 16.8. The molecular weight excluding hydrogens is 1230 g/mol. The standard InChI is InChI=1S/C81H86O16/c82-70-74(90-52-64-40-22-7-23-41-64)71(87-49-61-34-16-4-17-35-61)68(56-85-47-59-30-12-2-13-31-59)94-80(70)97-78-76(92-54-66-44-26-9-27-45-66)73(89-51-63-38-20-6-21-39-63)69(57-86-48-60-32-14-3-15-33-60)95-81(78)96-77-75(91-53-65-42-24-8-25-43-65)72(88-50-62-36-18-5-19-37-62)67(93-79(77)83)55-84-46-58-28-10-1-11-29-58/h1-45,67-83H,46-57H2/t67-,68-,69-,70-,71-,72-,73-,74-,75+,76+,77+,78+,79+,80+,81-/m1/s1. The van der Waals surface area contributed by atoms with E-state index < -0.39 is 92.1 Å². The maximum absolute atomic E-state index is 13.3. The summed E-state index contributed by atoms with van der Waals surface area (Å²) in [6.45, 7) is 1.46. The fourth-order valence-corrected chi connectivity index (χ4v) is 12.3. The Hall–Kier alpha value is -7.66. The average Bonchev–Trinajstić information content (AvgIpc) is 0.776. The van der Waals surface area contributed by atoms with E-state index in [1.165, 1.54) is 0 Å². The first-order chi connectivity index (χ1) is 47.9. The normalized spacial score (nSPS) is 25.7. The van der Waals surface area contributed by atoms with Gasteiger partial charge in [-0.1, -0.05) is 273 Å². The molecule has 16 heteroatoms. The Morgan fingerprint density at radius 3 is 0.763 bits per heavy atom. The molecule has 0 saturated carbocycles. The minimum absolute atomic E-state index is 0.00254. The molecule has 2 N–H and O–H groups in total. The summed E-state index contributed by atoms with van der Waals surface area (Å²) in [5, 5.41) is 26.1. The molecule has 3 saturated heterocycles.